The fourth-order valence-corrected chi connectivity index (χ4v) is 2.83. The number of methoxy groups -OCH3 is 1. The number of nitrogens with zero attached hydrogens (tertiary/aromatic N) is 1. The Labute approximate surface area is 129 Å². The molecular formula is C15H22N2O5. The molecule has 0 aliphatic heterocycles. The van der Waals surface area contributed by atoms with Crippen LogP contribution in [0, 0.1) is 5.92 Å². The van der Waals surface area contributed by atoms with Crippen molar-refractivity contribution >= 4 is 11.9 Å². The van der Waals surface area contributed by atoms with Crippen LogP contribution in [0.2, 0.25) is 0 Å². The predicted octanol–water partition coefficient (Wildman–Crippen LogP) is 1.97. The second kappa shape index (κ2) is 7.93. The molecule has 1 heterocycles. The maximum atomic E-state index is 12.2. The van der Waals surface area contributed by atoms with Gasteiger partial charge in [0.15, 0.2) is 11.5 Å². The fraction of sp³-hybridized carbons (Fsp3) is 0.667. The quantitative estimate of drug-likeness (QED) is 0.862. The van der Waals surface area contributed by atoms with E-state index >= 15 is 0 Å². The molecule has 0 spiro atoms. The normalized spacial score (nSPS) is 22.6. The minimum atomic E-state index is -0.854. The zero-order valence-electron chi connectivity index (χ0n) is 12.7. The topological polar surface area (TPSA) is 102 Å². The Kier molecular flexibility index (Phi) is 5.94. The van der Waals surface area contributed by atoms with Crippen molar-refractivity contribution in [3.05, 3.63) is 17.5 Å². The molecule has 0 saturated heterocycles. The molecule has 1 saturated carbocycles. The Balaban J connectivity index is 2.03. The molecule has 2 rings (SSSR count). The van der Waals surface area contributed by atoms with E-state index in [0.717, 1.165) is 25.7 Å². The Hall–Kier alpha value is -1.89. The molecule has 0 bridgehead atoms. The third-order valence-electron chi connectivity index (χ3n) is 3.98. The van der Waals surface area contributed by atoms with Crippen molar-refractivity contribution in [2.45, 2.75) is 51.2 Å². The summed E-state index contributed by atoms with van der Waals surface area (Å²) in [6.07, 6.45) is 5.18. The van der Waals surface area contributed by atoms with E-state index in [1.807, 2.05) is 0 Å². The number of aromatic nitrogens is 1. The van der Waals surface area contributed by atoms with Crippen LogP contribution in [0.3, 0.4) is 0 Å². The molecule has 7 nitrogen and oxygen atoms in total. The molecule has 22 heavy (non-hydrogen) atoms. The number of hydrogen-bond acceptors (Lipinski definition) is 5. The largest absolute Gasteiger partial charge is 0.481 e. The molecule has 2 N–H and O–H groups in total. The number of carbonyl (C=O) groups is 2. The van der Waals surface area contributed by atoms with E-state index in [1.165, 1.54) is 13.2 Å². The maximum Gasteiger partial charge on any atom is 0.308 e. The summed E-state index contributed by atoms with van der Waals surface area (Å²) < 4.78 is 9.89. The maximum absolute atomic E-state index is 12.2. The zero-order valence-corrected chi connectivity index (χ0v) is 12.7. The van der Waals surface area contributed by atoms with Gasteiger partial charge in [-0.05, 0) is 12.8 Å². The lowest BCUT2D eigenvalue weighted by atomic mass is 9.86. The molecule has 2 unspecified atom stereocenters. The third-order valence-corrected chi connectivity index (χ3v) is 3.98. The average Bonchev–Trinajstić information content (AvgIpc) is 2.90. The van der Waals surface area contributed by atoms with Crippen LogP contribution < -0.4 is 5.32 Å². The van der Waals surface area contributed by atoms with Gasteiger partial charge < -0.3 is 19.7 Å². The van der Waals surface area contributed by atoms with E-state index in [1.54, 1.807) is 0 Å². The predicted molar refractivity (Wildman–Crippen MR) is 77.3 cm³/mol. The van der Waals surface area contributed by atoms with E-state index in [2.05, 4.69) is 10.5 Å². The van der Waals surface area contributed by atoms with Crippen molar-refractivity contribution in [1.82, 2.24) is 10.5 Å². The summed E-state index contributed by atoms with van der Waals surface area (Å²) >= 11 is 0. The van der Waals surface area contributed by atoms with E-state index < -0.39 is 17.8 Å². The first-order valence-corrected chi connectivity index (χ1v) is 7.60. The summed E-state index contributed by atoms with van der Waals surface area (Å²) in [7, 11) is 1.52. The molecule has 1 amide bonds. The molecule has 7 heteroatoms. The molecule has 1 fully saturated rings. The lowest BCUT2D eigenvalue weighted by Gasteiger charge is -2.26. The number of carbonyl (C=O) groups excluding carboxylic acids is 1. The number of rotatable bonds is 5. The second-order valence-electron chi connectivity index (χ2n) is 5.63. The smallest absolute Gasteiger partial charge is 0.308 e. The Bertz CT molecular complexity index is 514. The van der Waals surface area contributed by atoms with Gasteiger partial charge in [-0.3, -0.25) is 9.59 Å². The summed E-state index contributed by atoms with van der Waals surface area (Å²) in [5.41, 5.74) is 0.151. The van der Waals surface area contributed by atoms with Crippen LogP contribution in [0.5, 0.6) is 0 Å². The van der Waals surface area contributed by atoms with Crippen molar-refractivity contribution in [3.63, 3.8) is 0 Å². The number of aliphatic carboxylic acids is 1. The van der Waals surface area contributed by atoms with Gasteiger partial charge in [0.2, 0.25) is 0 Å². The summed E-state index contributed by atoms with van der Waals surface area (Å²) in [6, 6.07) is 1.14. The van der Waals surface area contributed by atoms with Gasteiger partial charge >= 0.3 is 5.97 Å². The highest BCUT2D eigenvalue weighted by molar-refractivity contribution is 5.92. The number of amides is 1. The van der Waals surface area contributed by atoms with E-state index in [-0.39, 0.29) is 18.3 Å². The molecule has 1 aromatic heterocycles. The highest BCUT2D eigenvalue weighted by atomic mass is 16.5. The minimum Gasteiger partial charge on any atom is -0.481 e. The first-order chi connectivity index (χ1) is 10.6. The van der Waals surface area contributed by atoms with Crippen LogP contribution >= 0.6 is 0 Å². The third kappa shape index (κ3) is 4.30. The van der Waals surface area contributed by atoms with Crippen LogP contribution in [0.4, 0.5) is 0 Å². The van der Waals surface area contributed by atoms with Crippen molar-refractivity contribution < 1.29 is 24.0 Å². The molecule has 1 aliphatic carbocycles. The molecule has 0 aromatic carbocycles. The second-order valence-corrected chi connectivity index (χ2v) is 5.63. The molecular weight excluding hydrogens is 288 g/mol. The number of hydrogen-bond donors (Lipinski definition) is 2. The highest BCUT2D eigenvalue weighted by Crippen LogP contribution is 2.23. The zero-order chi connectivity index (χ0) is 15.9. The van der Waals surface area contributed by atoms with Crippen molar-refractivity contribution in [1.29, 1.82) is 0 Å². The Morgan fingerprint density at radius 1 is 1.36 bits per heavy atom. The van der Waals surface area contributed by atoms with Gasteiger partial charge in [0.25, 0.3) is 5.91 Å². The van der Waals surface area contributed by atoms with Gasteiger partial charge in [0, 0.05) is 19.2 Å². The first-order valence-electron chi connectivity index (χ1n) is 7.60. The minimum absolute atomic E-state index is 0.151. The van der Waals surface area contributed by atoms with E-state index in [0.29, 0.717) is 18.6 Å². The van der Waals surface area contributed by atoms with E-state index in [9.17, 15) is 14.7 Å². The van der Waals surface area contributed by atoms with Gasteiger partial charge in [-0.1, -0.05) is 30.8 Å². The molecule has 122 valence electrons. The van der Waals surface area contributed by atoms with Crippen LogP contribution in [0.25, 0.3) is 0 Å². The van der Waals surface area contributed by atoms with Crippen molar-refractivity contribution in [2.24, 2.45) is 5.92 Å². The number of carboxylic acids is 1. The SMILES string of the molecule is COCc1cc(C(=O)NC2CCCCCCC2C(=O)O)no1. The summed E-state index contributed by atoms with van der Waals surface area (Å²) in [6.45, 7) is 0.238. The summed E-state index contributed by atoms with van der Waals surface area (Å²) in [5.74, 6) is -1.34. The Morgan fingerprint density at radius 2 is 2.09 bits per heavy atom. The van der Waals surface area contributed by atoms with Gasteiger partial charge in [-0.15, -0.1) is 0 Å². The van der Waals surface area contributed by atoms with Gasteiger partial charge in [-0.2, -0.15) is 0 Å². The summed E-state index contributed by atoms with van der Waals surface area (Å²) in [5, 5.41) is 15.9. The van der Waals surface area contributed by atoms with Crippen LogP contribution in [-0.2, 0) is 16.1 Å². The summed E-state index contributed by atoms with van der Waals surface area (Å²) in [4.78, 5) is 23.7. The van der Waals surface area contributed by atoms with Crippen molar-refractivity contribution in [2.75, 3.05) is 7.11 Å². The van der Waals surface area contributed by atoms with Gasteiger partial charge in [0.05, 0.1) is 5.92 Å². The fourth-order valence-electron chi connectivity index (χ4n) is 2.83. The van der Waals surface area contributed by atoms with Gasteiger partial charge in [-0.25, -0.2) is 0 Å². The van der Waals surface area contributed by atoms with Gasteiger partial charge in [0.1, 0.15) is 6.61 Å². The lowest BCUT2D eigenvalue weighted by molar-refractivity contribution is -0.143. The van der Waals surface area contributed by atoms with Crippen LogP contribution in [0.1, 0.15) is 54.8 Å². The number of ether oxygens (including phenoxy) is 1. The standard InChI is InChI=1S/C15H22N2O5/c1-21-9-10-8-13(17-22-10)14(18)16-12-7-5-3-2-4-6-11(12)15(19)20/h8,11-12H,2-7,9H2,1H3,(H,16,18)(H,19,20). The molecule has 0 radical (unpaired) electrons. The first kappa shape index (κ1) is 16.5. The number of nitrogens with one attached hydrogen (secondary N) is 1. The number of carboxylic acid groups (broad SMARTS) is 1. The monoisotopic (exact) mass is 310 g/mol. The van der Waals surface area contributed by atoms with Crippen molar-refractivity contribution in [3.8, 4) is 0 Å². The van der Waals surface area contributed by atoms with E-state index in [4.69, 9.17) is 9.26 Å². The molecule has 1 aromatic rings. The molecule has 1 aliphatic rings. The Morgan fingerprint density at radius 3 is 2.77 bits per heavy atom. The highest BCUT2D eigenvalue weighted by Gasteiger charge is 2.30. The van der Waals surface area contributed by atoms with Crippen LogP contribution in [0.15, 0.2) is 10.6 Å². The van der Waals surface area contributed by atoms with Crippen LogP contribution in [-0.4, -0.2) is 35.3 Å². The average molecular weight is 310 g/mol. The lowest BCUT2D eigenvalue weighted by Crippen LogP contribution is -2.44. The molecule has 2 atom stereocenters.